The van der Waals surface area contributed by atoms with Gasteiger partial charge in [0.05, 0.1) is 11.1 Å². The highest BCUT2D eigenvalue weighted by atomic mass is 19.4. The van der Waals surface area contributed by atoms with Crippen LogP contribution in [0.4, 0.5) is 17.6 Å². The summed E-state index contributed by atoms with van der Waals surface area (Å²) in [6, 6.07) is 6.92. The number of pyridine rings is 1. The van der Waals surface area contributed by atoms with Crippen LogP contribution in [-0.2, 0) is 12.7 Å². The zero-order valence-corrected chi connectivity index (χ0v) is 10.6. The Labute approximate surface area is 117 Å². The molecule has 1 aromatic heterocycles. The van der Waals surface area contributed by atoms with Crippen molar-refractivity contribution in [3.63, 3.8) is 0 Å². The topological polar surface area (TPSA) is 42.0 Å². The summed E-state index contributed by atoms with van der Waals surface area (Å²) in [6.45, 7) is -0.0693. The van der Waals surface area contributed by atoms with Crippen molar-refractivity contribution in [3.8, 4) is 0 Å². The van der Waals surface area contributed by atoms with Gasteiger partial charge in [-0.15, -0.1) is 0 Å². The number of aromatic nitrogens is 1. The predicted molar refractivity (Wildman–Crippen MR) is 66.8 cm³/mol. The van der Waals surface area contributed by atoms with Crippen molar-refractivity contribution in [2.75, 3.05) is 0 Å². The average molecular weight is 298 g/mol. The normalized spacial score (nSPS) is 11.2. The largest absolute Gasteiger partial charge is 0.416 e. The first-order chi connectivity index (χ1) is 9.86. The van der Waals surface area contributed by atoms with Gasteiger partial charge >= 0.3 is 6.18 Å². The third-order valence-electron chi connectivity index (χ3n) is 2.70. The number of alkyl halides is 3. The van der Waals surface area contributed by atoms with Crippen LogP contribution in [0.3, 0.4) is 0 Å². The second-order valence-electron chi connectivity index (χ2n) is 4.25. The van der Waals surface area contributed by atoms with Gasteiger partial charge in [-0.25, -0.2) is 4.98 Å². The second-order valence-corrected chi connectivity index (χ2v) is 4.25. The van der Waals surface area contributed by atoms with Gasteiger partial charge in [0.1, 0.15) is 0 Å². The Morgan fingerprint density at radius 2 is 1.95 bits per heavy atom. The standard InChI is InChI=1S/C14H10F4N2O/c15-12-5-4-10(8-19-12)13(21)20-7-9-2-1-3-11(6-9)14(16,17)18/h1-6,8H,7H2,(H,20,21). The van der Waals surface area contributed by atoms with Crippen molar-refractivity contribution in [2.45, 2.75) is 12.7 Å². The lowest BCUT2D eigenvalue weighted by Crippen LogP contribution is -2.23. The summed E-state index contributed by atoms with van der Waals surface area (Å²) in [6.07, 6.45) is -3.38. The van der Waals surface area contributed by atoms with Gasteiger partial charge in [0.25, 0.3) is 5.91 Å². The number of hydrogen-bond donors (Lipinski definition) is 1. The maximum Gasteiger partial charge on any atom is 0.416 e. The summed E-state index contributed by atoms with van der Waals surface area (Å²) in [5.74, 6) is -1.26. The van der Waals surface area contributed by atoms with E-state index in [1.165, 1.54) is 18.2 Å². The maximum absolute atomic E-state index is 12.6. The molecule has 0 spiro atoms. The molecule has 0 unspecified atom stereocenters. The third-order valence-corrected chi connectivity index (χ3v) is 2.70. The highest BCUT2D eigenvalue weighted by Gasteiger charge is 2.30. The number of benzene rings is 1. The van der Waals surface area contributed by atoms with Crippen LogP contribution in [0.5, 0.6) is 0 Å². The van der Waals surface area contributed by atoms with Crippen LogP contribution in [0.25, 0.3) is 0 Å². The van der Waals surface area contributed by atoms with Crippen molar-refractivity contribution in [2.24, 2.45) is 0 Å². The number of amides is 1. The second kappa shape index (κ2) is 5.90. The Morgan fingerprint density at radius 1 is 1.19 bits per heavy atom. The number of nitrogens with zero attached hydrogens (tertiary/aromatic N) is 1. The van der Waals surface area contributed by atoms with Crippen molar-refractivity contribution in [3.05, 3.63) is 65.2 Å². The number of halogens is 4. The Morgan fingerprint density at radius 3 is 2.57 bits per heavy atom. The minimum Gasteiger partial charge on any atom is -0.348 e. The Kier molecular flexibility index (Phi) is 4.21. The van der Waals surface area contributed by atoms with Crippen LogP contribution in [-0.4, -0.2) is 10.9 Å². The number of hydrogen-bond acceptors (Lipinski definition) is 2. The molecule has 0 atom stereocenters. The van der Waals surface area contributed by atoms with Crippen LogP contribution in [0, 0.1) is 5.95 Å². The highest BCUT2D eigenvalue weighted by Crippen LogP contribution is 2.29. The van der Waals surface area contributed by atoms with E-state index in [-0.39, 0.29) is 12.1 Å². The zero-order valence-electron chi connectivity index (χ0n) is 10.6. The van der Waals surface area contributed by atoms with Crippen molar-refractivity contribution < 1.29 is 22.4 Å². The number of carbonyl (C=O) groups is 1. The van der Waals surface area contributed by atoms with Gasteiger partial charge in [-0.05, 0) is 29.8 Å². The summed E-state index contributed by atoms with van der Waals surface area (Å²) < 4.78 is 50.2. The molecule has 0 fully saturated rings. The van der Waals surface area contributed by atoms with Crippen LogP contribution in [0.15, 0.2) is 42.6 Å². The van der Waals surface area contributed by atoms with Crippen LogP contribution in [0.1, 0.15) is 21.5 Å². The van der Waals surface area contributed by atoms with E-state index in [9.17, 15) is 22.4 Å². The molecule has 0 aliphatic rings. The molecule has 2 rings (SSSR count). The molecular weight excluding hydrogens is 288 g/mol. The van der Waals surface area contributed by atoms with Crippen molar-refractivity contribution >= 4 is 5.91 Å². The van der Waals surface area contributed by atoms with Crippen molar-refractivity contribution in [1.29, 1.82) is 0 Å². The molecule has 0 radical (unpaired) electrons. The molecular formula is C14H10F4N2O. The summed E-state index contributed by atoms with van der Waals surface area (Å²) >= 11 is 0. The van der Waals surface area contributed by atoms with Gasteiger partial charge in [-0.1, -0.05) is 12.1 Å². The van der Waals surface area contributed by atoms with E-state index in [2.05, 4.69) is 10.3 Å². The molecule has 110 valence electrons. The molecule has 0 saturated heterocycles. The summed E-state index contributed by atoms with van der Waals surface area (Å²) in [4.78, 5) is 15.0. The SMILES string of the molecule is O=C(NCc1cccc(C(F)(F)F)c1)c1ccc(F)nc1. The van der Waals surface area contributed by atoms with Gasteiger partial charge in [-0.3, -0.25) is 4.79 Å². The first-order valence-electron chi connectivity index (χ1n) is 5.92. The molecule has 1 amide bonds. The quantitative estimate of drug-likeness (QED) is 0.698. The van der Waals surface area contributed by atoms with Crippen molar-refractivity contribution in [1.82, 2.24) is 10.3 Å². The van der Waals surface area contributed by atoms with Crippen LogP contribution >= 0.6 is 0 Å². The summed E-state index contributed by atoms with van der Waals surface area (Å²) in [5, 5.41) is 2.44. The fraction of sp³-hybridized carbons (Fsp3) is 0.143. The van der Waals surface area contributed by atoms with E-state index in [0.717, 1.165) is 24.4 Å². The maximum atomic E-state index is 12.6. The highest BCUT2D eigenvalue weighted by molar-refractivity contribution is 5.93. The number of rotatable bonds is 3. The van der Waals surface area contributed by atoms with E-state index in [4.69, 9.17) is 0 Å². The monoisotopic (exact) mass is 298 g/mol. The fourth-order valence-electron chi connectivity index (χ4n) is 1.65. The van der Waals surface area contributed by atoms with Gasteiger partial charge in [0.2, 0.25) is 5.95 Å². The first kappa shape index (κ1) is 15.0. The third kappa shape index (κ3) is 4.01. The molecule has 7 heteroatoms. The molecule has 0 aliphatic heterocycles. The molecule has 0 saturated carbocycles. The molecule has 21 heavy (non-hydrogen) atoms. The van der Waals surface area contributed by atoms with Crippen LogP contribution < -0.4 is 5.32 Å². The van der Waals surface area contributed by atoms with Gasteiger partial charge < -0.3 is 5.32 Å². The van der Waals surface area contributed by atoms with E-state index >= 15 is 0 Å². The fourth-order valence-corrected chi connectivity index (χ4v) is 1.65. The van der Waals surface area contributed by atoms with Gasteiger partial charge in [-0.2, -0.15) is 17.6 Å². The summed E-state index contributed by atoms with van der Waals surface area (Å²) in [7, 11) is 0. The predicted octanol–water partition coefficient (Wildman–Crippen LogP) is 3.17. The molecule has 2 aromatic rings. The Hall–Kier alpha value is -2.44. The van der Waals surface area contributed by atoms with E-state index in [1.807, 2.05) is 0 Å². The van der Waals surface area contributed by atoms with E-state index < -0.39 is 23.6 Å². The minimum absolute atomic E-state index is 0.0693. The smallest absolute Gasteiger partial charge is 0.348 e. The van der Waals surface area contributed by atoms with Gasteiger partial charge in [0.15, 0.2) is 0 Å². The lowest BCUT2D eigenvalue weighted by molar-refractivity contribution is -0.137. The number of carbonyl (C=O) groups excluding carboxylic acids is 1. The minimum atomic E-state index is -4.43. The molecule has 3 nitrogen and oxygen atoms in total. The average Bonchev–Trinajstić information content (AvgIpc) is 2.45. The first-order valence-corrected chi connectivity index (χ1v) is 5.92. The lowest BCUT2D eigenvalue weighted by atomic mass is 10.1. The Balaban J connectivity index is 2.03. The molecule has 0 bridgehead atoms. The van der Waals surface area contributed by atoms with E-state index in [0.29, 0.717) is 5.56 Å². The number of nitrogens with one attached hydrogen (secondary N) is 1. The summed E-state index contributed by atoms with van der Waals surface area (Å²) in [5.41, 5.74) is -0.339. The molecule has 1 N–H and O–H groups in total. The molecule has 0 aliphatic carbocycles. The zero-order chi connectivity index (χ0) is 15.5. The van der Waals surface area contributed by atoms with Crippen LogP contribution in [0.2, 0.25) is 0 Å². The molecule has 1 heterocycles. The van der Waals surface area contributed by atoms with E-state index in [1.54, 1.807) is 0 Å². The Bertz CT molecular complexity index is 638. The molecule has 1 aromatic carbocycles. The lowest BCUT2D eigenvalue weighted by Gasteiger charge is -2.09. The van der Waals surface area contributed by atoms with Gasteiger partial charge in [0, 0.05) is 12.7 Å².